The predicted molar refractivity (Wildman–Crippen MR) is 68.7 cm³/mol. The molecular weight excluding hydrogens is 218 g/mol. The van der Waals surface area contributed by atoms with Crippen LogP contribution in [0.4, 0.5) is 0 Å². The molecule has 0 unspecified atom stereocenters. The molecule has 3 rings (SSSR count). The molecule has 0 saturated carbocycles. The maximum Gasteiger partial charge on any atom is 0.0461 e. The third kappa shape index (κ3) is 1.50. The second kappa shape index (κ2) is 3.69. The minimum absolute atomic E-state index is 0.768. The summed E-state index contributed by atoms with van der Waals surface area (Å²) in [5.41, 5.74) is 3.51. The summed E-state index contributed by atoms with van der Waals surface area (Å²) in [4.78, 5) is 3.26. The van der Waals surface area contributed by atoms with Gasteiger partial charge in [0.2, 0.25) is 0 Å². The zero-order chi connectivity index (χ0) is 11.0. The lowest BCUT2D eigenvalue weighted by Gasteiger charge is -1.99. The van der Waals surface area contributed by atoms with Gasteiger partial charge in [0.15, 0.2) is 0 Å². The van der Waals surface area contributed by atoms with Gasteiger partial charge < -0.3 is 4.98 Å². The van der Waals surface area contributed by atoms with E-state index in [2.05, 4.69) is 17.1 Å². The Labute approximate surface area is 98.7 Å². The lowest BCUT2D eigenvalue weighted by Crippen LogP contribution is -1.74. The maximum atomic E-state index is 6.02. The average molecular weight is 228 g/mol. The summed E-state index contributed by atoms with van der Waals surface area (Å²) < 4.78 is 0. The fourth-order valence-electron chi connectivity index (χ4n) is 1.95. The highest BCUT2D eigenvalue weighted by molar-refractivity contribution is 6.31. The van der Waals surface area contributed by atoms with E-state index in [1.54, 1.807) is 0 Å². The summed E-state index contributed by atoms with van der Waals surface area (Å²) in [6.45, 7) is 0. The number of aromatic nitrogens is 1. The van der Waals surface area contributed by atoms with Gasteiger partial charge in [-0.05, 0) is 23.8 Å². The van der Waals surface area contributed by atoms with Crippen molar-refractivity contribution in [1.82, 2.24) is 4.98 Å². The molecule has 0 amide bonds. The molecule has 2 heteroatoms. The Morgan fingerprint density at radius 2 is 1.75 bits per heavy atom. The van der Waals surface area contributed by atoms with E-state index in [1.807, 2.05) is 42.6 Å². The Balaban J connectivity index is 2.29. The molecule has 0 aliphatic rings. The first kappa shape index (κ1) is 9.49. The third-order valence-electron chi connectivity index (χ3n) is 2.73. The third-order valence-corrected chi connectivity index (χ3v) is 2.96. The van der Waals surface area contributed by atoms with Gasteiger partial charge in [-0.25, -0.2) is 0 Å². The van der Waals surface area contributed by atoms with Crippen LogP contribution in [-0.2, 0) is 0 Å². The fraction of sp³-hybridized carbons (Fsp3) is 0. The van der Waals surface area contributed by atoms with Gasteiger partial charge in [-0.15, -0.1) is 0 Å². The van der Waals surface area contributed by atoms with Crippen molar-refractivity contribution >= 4 is 22.5 Å². The number of rotatable bonds is 1. The van der Waals surface area contributed by atoms with E-state index >= 15 is 0 Å². The second-order valence-corrected chi connectivity index (χ2v) is 4.19. The van der Waals surface area contributed by atoms with Crippen molar-refractivity contribution in [3.63, 3.8) is 0 Å². The molecule has 1 heterocycles. The van der Waals surface area contributed by atoms with Crippen molar-refractivity contribution in [3.8, 4) is 11.1 Å². The summed E-state index contributed by atoms with van der Waals surface area (Å²) in [5.74, 6) is 0. The lowest BCUT2D eigenvalue weighted by atomic mass is 10.1. The predicted octanol–water partition coefficient (Wildman–Crippen LogP) is 4.49. The van der Waals surface area contributed by atoms with Gasteiger partial charge >= 0.3 is 0 Å². The van der Waals surface area contributed by atoms with Crippen molar-refractivity contribution in [2.24, 2.45) is 0 Å². The molecule has 2 aromatic carbocycles. The number of H-pyrrole nitrogens is 1. The van der Waals surface area contributed by atoms with Crippen molar-refractivity contribution in [2.45, 2.75) is 0 Å². The number of aromatic amines is 1. The molecule has 16 heavy (non-hydrogen) atoms. The molecular formula is C14H10ClN. The molecule has 1 N–H and O–H groups in total. The molecule has 3 aromatic rings. The Bertz CT molecular complexity index is 626. The topological polar surface area (TPSA) is 15.8 Å². The number of halogens is 1. The Morgan fingerprint density at radius 3 is 2.56 bits per heavy atom. The van der Waals surface area contributed by atoms with Gasteiger partial charge in [-0.1, -0.05) is 41.9 Å². The monoisotopic (exact) mass is 227 g/mol. The SMILES string of the molecule is Clc1ccc2[nH]cc(-c3ccccc3)c2c1. The van der Waals surface area contributed by atoms with Gasteiger partial charge in [0, 0.05) is 27.7 Å². The van der Waals surface area contributed by atoms with Gasteiger partial charge in [0.1, 0.15) is 0 Å². The number of hydrogen-bond acceptors (Lipinski definition) is 0. The minimum Gasteiger partial charge on any atom is -0.361 e. The highest BCUT2D eigenvalue weighted by Crippen LogP contribution is 2.30. The van der Waals surface area contributed by atoms with Crippen molar-refractivity contribution < 1.29 is 0 Å². The zero-order valence-corrected chi connectivity index (χ0v) is 9.33. The van der Waals surface area contributed by atoms with Gasteiger partial charge in [0.05, 0.1) is 0 Å². The first-order chi connectivity index (χ1) is 7.84. The number of nitrogens with one attached hydrogen (secondary N) is 1. The summed E-state index contributed by atoms with van der Waals surface area (Å²) in [6, 6.07) is 16.2. The standard InChI is InChI=1S/C14H10ClN/c15-11-6-7-14-12(8-11)13(9-16-14)10-4-2-1-3-5-10/h1-9,16H. The number of fused-ring (bicyclic) bond motifs is 1. The van der Waals surface area contributed by atoms with Crippen LogP contribution in [0.2, 0.25) is 5.02 Å². The van der Waals surface area contributed by atoms with Crippen molar-refractivity contribution in [2.75, 3.05) is 0 Å². The van der Waals surface area contributed by atoms with Crippen molar-refractivity contribution in [1.29, 1.82) is 0 Å². The quantitative estimate of drug-likeness (QED) is 0.631. The molecule has 1 nitrogen and oxygen atoms in total. The summed E-state index contributed by atoms with van der Waals surface area (Å²) in [5, 5.41) is 1.93. The maximum absolute atomic E-state index is 6.02. The summed E-state index contributed by atoms with van der Waals surface area (Å²) in [6.07, 6.45) is 2.02. The lowest BCUT2D eigenvalue weighted by molar-refractivity contribution is 1.47. The Hall–Kier alpha value is -1.73. The van der Waals surface area contributed by atoms with Crippen LogP contribution in [0, 0.1) is 0 Å². The second-order valence-electron chi connectivity index (χ2n) is 3.76. The highest BCUT2D eigenvalue weighted by Gasteiger charge is 2.05. The molecule has 0 atom stereocenters. The van der Waals surface area contributed by atoms with E-state index in [1.165, 1.54) is 16.5 Å². The molecule has 0 aliphatic heterocycles. The van der Waals surface area contributed by atoms with Crippen LogP contribution < -0.4 is 0 Å². The van der Waals surface area contributed by atoms with E-state index in [-0.39, 0.29) is 0 Å². The van der Waals surface area contributed by atoms with Gasteiger partial charge in [-0.3, -0.25) is 0 Å². The first-order valence-corrected chi connectivity index (χ1v) is 5.54. The van der Waals surface area contributed by atoms with E-state index in [0.29, 0.717) is 0 Å². The van der Waals surface area contributed by atoms with Crippen molar-refractivity contribution in [3.05, 3.63) is 59.8 Å². The Morgan fingerprint density at radius 1 is 0.938 bits per heavy atom. The number of benzene rings is 2. The molecule has 0 fully saturated rings. The molecule has 0 aliphatic carbocycles. The molecule has 0 radical (unpaired) electrons. The van der Waals surface area contributed by atoms with Crippen LogP contribution in [-0.4, -0.2) is 4.98 Å². The highest BCUT2D eigenvalue weighted by atomic mass is 35.5. The largest absolute Gasteiger partial charge is 0.361 e. The molecule has 1 aromatic heterocycles. The van der Waals surface area contributed by atoms with E-state index in [0.717, 1.165) is 10.5 Å². The van der Waals surface area contributed by atoms with Crippen LogP contribution in [0.3, 0.4) is 0 Å². The normalized spacial score (nSPS) is 10.8. The average Bonchev–Trinajstić information content (AvgIpc) is 2.73. The molecule has 0 saturated heterocycles. The Kier molecular flexibility index (Phi) is 2.19. The minimum atomic E-state index is 0.768. The van der Waals surface area contributed by atoms with Crippen LogP contribution in [0.1, 0.15) is 0 Å². The first-order valence-electron chi connectivity index (χ1n) is 5.17. The number of hydrogen-bond donors (Lipinski definition) is 1. The van der Waals surface area contributed by atoms with E-state index in [4.69, 9.17) is 11.6 Å². The van der Waals surface area contributed by atoms with Gasteiger partial charge in [-0.2, -0.15) is 0 Å². The van der Waals surface area contributed by atoms with Crippen LogP contribution in [0.15, 0.2) is 54.7 Å². The molecule has 0 bridgehead atoms. The van der Waals surface area contributed by atoms with Crippen LogP contribution in [0.5, 0.6) is 0 Å². The summed E-state index contributed by atoms with van der Waals surface area (Å²) >= 11 is 6.02. The van der Waals surface area contributed by atoms with Crippen LogP contribution in [0.25, 0.3) is 22.0 Å². The molecule has 78 valence electrons. The zero-order valence-electron chi connectivity index (χ0n) is 8.57. The fourth-order valence-corrected chi connectivity index (χ4v) is 2.12. The van der Waals surface area contributed by atoms with E-state index in [9.17, 15) is 0 Å². The molecule has 0 spiro atoms. The van der Waals surface area contributed by atoms with Crippen LogP contribution >= 0.6 is 11.6 Å². The van der Waals surface area contributed by atoms with E-state index < -0.39 is 0 Å². The smallest absolute Gasteiger partial charge is 0.0461 e. The summed E-state index contributed by atoms with van der Waals surface area (Å²) in [7, 11) is 0. The van der Waals surface area contributed by atoms with Gasteiger partial charge in [0.25, 0.3) is 0 Å².